The number of nitrogens with zero attached hydrogens (tertiary/aromatic N) is 4. The lowest BCUT2D eigenvalue weighted by Gasteiger charge is -2.27. The van der Waals surface area contributed by atoms with Gasteiger partial charge in [0, 0.05) is 30.2 Å². The van der Waals surface area contributed by atoms with E-state index in [0.29, 0.717) is 35.2 Å². The Morgan fingerprint density at radius 2 is 1.91 bits per heavy atom. The molecular weight excluding hydrogens is 614 g/mol. The third kappa shape index (κ3) is 5.84. The molecule has 1 aliphatic rings. The minimum Gasteiger partial charge on any atom is -0.478 e. The van der Waals surface area contributed by atoms with Crippen LogP contribution in [0.4, 0.5) is 26.3 Å². The molecule has 0 unspecified atom stereocenters. The monoisotopic (exact) mass is 634 g/mol. The zero-order valence-corrected chi connectivity index (χ0v) is 23.2. The molecule has 0 aliphatic carbocycles. The number of benzene rings is 2. The van der Waals surface area contributed by atoms with E-state index in [1.807, 2.05) is 0 Å². The zero-order valence-electron chi connectivity index (χ0n) is 22.4. The molecule has 3 aromatic heterocycles. The van der Waals surface area contributed by atoms with Crippen molar-refractivity contribution in [2.24, 2.45) is 0 Å². The lowest BCUT2D eigenvalue weighted by Crippen LogP contribution is -2.31. The van der Waals surface area contributed by atoms with Crippen LogP contribution < -0.4 is 4.74 Å². The molecule has 1 atom stereocenters. The average Bonchev–Trinajstić information content (AvgIpc) is 3.58. The van der Waals surface area contributed by atoms with Crippen LogP contribution in [0.15, 0.2) is 48.7 Å². The number of ether oxygens (including phenoxy) is 2. The predicted octanol–water partition coefficient (Wildman–Crippen LogP) is 6.65. The highest BCUT2D eigenvalue weighted by molar-refractivity contribution is 7.11. The molecule has 1 aliphatic heterocycles. The molecule has 8 nitrogen and oxygen atoms in total. The Morgan fingerprint density at radius 3 is 2.59 bits per heavy atom. The maximum atomic E-state index is 15.4. The fourth-order valence-electron chi connectivity index (χ4n) is 4.70. The molecule has 2 aromatic carbocycles. The van der Waals surface area contributed by atoms with Crippen molar-refractivity contribution < 1.29 is 45.7 Å². The number of pyridine rings is 1. The van der Waals surface area contributed by atoms with E-state index in [9.17, 15) is 23.1 Å². The van der Waals surface area contributed by atoms with Gasteiger partial charge in [-0.2, -0.15) is 13.2 Å². The molecule has 6 rings (SSSR count). The molecule has 4 heterocycles. The number of halogens is 6. The first kappa shape index (κ1) is 29.6. The maximum Gasteiger partial charge on any atom is 0.427 e. The molecule has 5 aromatic rings. The fourth-order valence-corrected chi connectivity index (χ4v) is 5.40. The molecule has 0 spiro atoms. The molecule has 1 saturated heterocycles. The van der Waals surface area contributed by atoms with Crippen molar-refractivity contribution >= 4 is 28.3 Å². The number of rotatable bonds is 9. The molecule has 44 heavy (non-hydrogen) atoms. The van der Waals surface area contributed by atoms with E-state index in [1.54, 1.807) is 4.57 Å². The molecule has 1 N–H and O–H groups in total. The van der Waals surface area contributed by atoms with Crippen LogP contribution in [0.2, 0.25) is 0 Å². The van der Waals surface area contributed by atoms with Gasteiger partial charge in [-0.1, -0.05) is 6.07 Å². The summed E-state index contributed by atoms with van der Waals surface area (Å²) in [5.41, 5.74) is -0.422. The molecule has 15 heteroatoms. The van der Waals surface area contributed by atoms with Crippen LogP contribution >= 0.6 is 11.3 Å². The number of imidazole rings is 1. The number of aromatic carboxylic acids is 1. The maximum absolute atomic E-state index is 15.4. The Bertz CT molecular complexity index is 1890. The van der Waals surface area contributed by atoms with Gasteiger partial charge >= 0.3 is 12.1 Å². The van der Waals surface area contributed by atoms with E-state index in [2.05, 4.69) is 15.0 Å². The average molecular weight is 635 g/mol. The van der Waals surface area contributed by atoms with Crippen molar-refractivity contribution in [2.75, 3.05) is 6.61 Å². The van der Waals surface area contributed by atoms with Crippen LogP contribution in [0.1, 0.15) is 38.1 Å². The van der Waals surface area contributed by atoms with Gasteiger partial charge in [-0.25, -0.2) is 32.9 Å². The van der Waals surface area contributed by atoms with Crippen LogP contribution in [-0.4, -0.2) is 43.3 Å². The van der Waals surface area contributed by atoms with E-state index in [0.717, 1.165) is 12.5 Å². The summed E-state index contributed by atoms with van der Waals surface area (Å²) in [6, 6.07) is 9.10. The highest BCUT2D eigenvalue weighted by atomic mass is 32.1. The Hall–Kier alpha value is -4.50. The summed E-state index contributed by atoms with van der Waals surface area (Å²) >= 11 is 0.392. The number of carbonyl (C=O) groups is 1. The van der Waals surface area contributed by atoms with Crippen LogP contribution in [0.25, 0.3) is 22.3 Å². The van der Waals surface area contributed by atoms with Gasteiger partial charge in [0.25, 0.3) is 0 Å². The number of hydrogen-bond donors (Lipinski definition) is 1. The van der Waals surface area contributed by atoms with Crippen LogP contribution in [0, 0.1) is 17.5 Å². The number of carboxylic acid groups (broad SMARTS) is 1. The van der Waals surface area contributed by atoms with E-state index in [1.165, 1.54) is 36.4 Å². The van der Waals surface area contributed by atoms with Gasteiger partial charge in [-0.3, -0.25) is 0 Å². The summed E-state index contributed by atoms with van der Waals surface area (Å²) in [6.07, 6.45) is -3.77. The number of thiazole rings is 1. The van der Waals surface area contributed by atoms with Gasteiger partial charge in [0.05, 0.1) is 41.1 Å². The van der Waals surface area contributed by atoms with Crippen LogP contribution in [0.3, 0.4) is 0 Å². The molecular formula is C29H20F6N4O4S. The van der Waals surface area contributed by atoms with Crippen molar-refractivity contribution in [3.63, 3.8) is 0 Å². The summed E-state index contributed by atoms with van der Waals surface area (Å²) in [5.74, 6) is -4.99. The van der Waals surface area contributed by atoms with Gasteiger partial charge in [-0.05, 0) is 36.8 Å². The highest BCUT2D eigenvalue weighted by Crippen LogP contribution is 2.34. The second kappa shape index (κ2) is 11.5. The first-order chi connectivity index (χ1) is 21.0. The Kier molecular flexibility index (Phi) is 7.75. The van der Waals surface area contributed by atoms with Gasteiger partial charge in [0.2, 0.25) is 5.88 Å². The second-order valence-electron chi connectivity index (χ2n) is 9.88. The number of carboxylic acids is 1. The first-order valence-electron chi connectivity index (χ1n) is 13.1. The summed E-state index contributed by atoms with van der Waals surface area (Å²) in [7, 11) is 0. The predicted molar refractivity (Wildman–Crippen MR) is 145 cm³/mol. The number of aromatic nitrogens is 4. The Balaban J connectivity index is 1.28. The topological polar surface area (TPSA) is 99.4 Å². The first-order valence-corrected chi connectivity index (χ1v) is 13.9. The van der Waals surface area contributed by atoms with E-state index in [4.69, 9.17) is 9.47 Å². The van der Waals surface area contributed by atoms with Gasteiger partial charge in [-0.15, -0.1) is 11.3 Å². The standard InChI is InChI=1S/C29H20F6N4O4S/c30-18-9-17(19-2-1-3-24(38-19)43-13-25-36-11-22(44-25)29(33,34)35)27(32)26(31)16(18)10-23-37-20-5-4-14(28(40)41)8-21(20)39(23)12-15-6-7-42-15/h1-5,8-9,11,15H,6-7,10,12-13H2,(H,40,41)/t15-/m0/s1. The summed E-state index contributed by atoms with van der Waals surface area (Å²) in [4.78, 5) is 22.8. The third-order valence-electron chi connectivity index (χ3n) is 7.02. The molecule has 0 amide bonds. The Labute approximate surface area is 248 Å². The second-order valence-corrected chi connectivity index (χ2v) is 11.0. The molecule has 0 bridgehead atoms. The van der Waals surface area contributed by atoms with Crippen molar-refractivity contribution in [2.45, 2.75) is 38.3 Å². The number of alkyl halides is 3. The highest BCUT2D eigenvalue weighted by Gasteiger charge is 2.33. The van der Waals surface area contributed by atoms with Crippen molar-refractivity contribution in [1.82, 2.24) is 19.5 Å². The van der Waals surface area contributed by atoms with E-state index in [-0.39, 0.29) is 47.2 Å². The molecule has 1 fully saturated rings. The Morgan fingerprint density at radius 1 is 1.11 bits per heavy atom. The van der Waals surface area contributed by atoms with Crippen molar-refractivity contribution in [1.29, 1.82) is 0 Å². The van der Waals surface area contributed by atoms with E-state index < -0.39 is 52.0 Å². The molecule has 228 valence electrons. The van der Waals surface area contributed by atoms with Gasteiger partial charge in [0.1, 0.15) is 28.1 Å². The number of hydrogen-bond acceptors (Lipinski definition) is 7. The SMILES string of the molecule is O=C(O)c1ccc2nc(Cc3c(F)cc(-c4cccc(OCc5ncc(C(F)(F)F)s5)n4)c(F)c3F)n(C[C@@H]3CCO3)c2c1. The van der Waals surface area contributed by atoms with Crippen molar-refractivity contribution in [3.8, 4) is 17.1 Å². The van der Waals surface area contributed by atoms with Crippen LogP contribution in [0.5, 0.6) is 5.88 Å². The van der Waals surface area contributed by atoms with Crippen molar-refractivity contribution in [3.05, 3.63) is 92.9 Å². The normalized spacial score (nSPS) is 15.0. The largest absolute Gasteiger partial charge is 0.478 e. The third-order valence-corrected chi connectivity index (χ3v) is 8.03. The summed E-state index contributed by atoms with van der Waals surface area (Å²) < 4.78 is 97.3. The number of fused-ring (bicyclic) bond motifs is 1. The van der Waals surface area contributed by atoms with Gasteiger partial charge in [0.15, 0.2) is 11.6 Å². The zero-order chi connectivity index (χ0) is 31.2. The lowest BCUT2D eigenvalue weighted by molar-refractivity contribution is -0.134. The summed E-state index contributed by atoms with van der Waals surface area (Å²) in [5, 5.41) is 9.44. The smallest absolute Gasteiger partial charge is 0.427 e. The molecule has 0 saturated carbocycles. The lowest BCUT2D eigenvalue weighted by atomic mass is 10.0. The quantitative estimate of drug-likeness (QED) is 0.143. The van der Waals surface area contributed by atoms with E-state index >= 15 is 13.2 Å². The summed E-state index contributed by atoms with van der Waals surface area (Å²) in [6.45, 7) is 0.448. The fraction of sp³-hybridized carbons (Fsp3) is 0.241. The van der Waals surface area contributed by atoms with Crippen LogP contribution in [-0.2, 0) is 30.5 Å². The molecule has 0 radical (unpaired) electrons. The minimum absolute atomic E-state index is 0.00362. The minimum atomic E-state index is -4.55. The van der Waals surface area contributed by atoms with Gasteiger partial charge < -0.3 is 19.1 Å².